The molecule has 0 unspecified atom stereocenters. The van der Waals surface area contributed by atoms with Gasteiger partial charge in [-0.1, -0.05) is 0 Å². The van der Waals surface area contributed by atoms with Crippen molar-refractivity contribution in [1.29, 1.82) is 0 Å². The zero-order valence-electron chi connectivity index (χ0n) is 21.7. The van der Waals surface area contributed by atoms with Crippen molar-refractivity contribution < 1.29 is 23.4 Å². The molecule has 12 heteroatoms. The second-order valence-corrected chi connectivity index (χ2v) is 9.70. The first-order chi connectivity index (χ1) is 18.2. The Labute approximate surface area is 219 Å². The number of nitrogens with one attached hydrogen (secondary N) is 3. The molecule has 4 heterocycles. The highest BCUT2D eigenvalue weighted by Crippen LogP contribution is 2.35. The third-order valence-corrected chi connectivity index (χ3v) is 5.92. The fraction of sp³-hybridized carbons (Fsp3) is 0.385. The quantitative estimate of drug-likeness (QED) is 0.415. The number of anilines is 6. The summed E-state index contributed by atoms with van der Waals surface area (Å²) in [5.74, 6) is 0.770. The first kappa shape index (κ1) is 25.5. The van der Waals surface area contributed by atoms with Gasteiger partial charge in [0, 0.05) is 24.8 Å². The summed E-state index contributed by atoms with van der Waals surface area (Å²) in [5.41, 5.74) is 0.654. The summed E-state index contributed by atoms with van der Waals surface area (Å²) in [4.78, 5) is 27.1. The smallest absolute Gasteiger partial charge is 0.269 e. The number of benzene rings is 1. The lowest BCUT2D eigenvalue weighted by atomic mass is 10.1. The second kappa shape index (κ2) is 10.3. The molecule has 11 nitrogen and oxygen atoms in total. The van der Waals surface area contributed by atoms with Crippen LogP contribution in [0.15, 0.2) is 36.5 Å². The molecule has 38 heavy (non-hydrogen) atoms. The minimum absolute atomic E-state index is 0.0201. The van der Waals surface area contributed by atoms with Gasteiger partial charge in [0.15, 0.2) is 28.8 Å². The van der Waals surface area contributed by atoms with Gasteiger partial charge in [0.1, 0.15) is 11.6 Å². The van der Waals surface area contributed by atoms with E-state index < -0.39 is 11.4 Å². The summed E-state index contributed by atoms with van der Waals surface area (Å²) in [6.07, 6.45) is 1.05. The van der Waals surface area contributed by atoms with E-state index in [-0.39, 0.29) is 35.4 Å². The number of fused-ring (bicyclic) bond motifs is 1. The number of pyridine rings is 1. The lowest BCUT2D eigenvalue weighted by molar-refractivity contribution is -0.129. The van der Waals surface area contributed by atoms with Crippen LogP contribution in [0.25, 0.3) is 0 Å². The largest absolute Gasteiger partial charge is 0.489 e. The van der Waals surface area contributed by atoms with E-state index in [9.17, 15) is 9.18 Å². The number of ether oxygens (including phenoxy) is 3. The van der Waals surface area contributed by atoms with E-state index in [1.807, 2.05) is 32.0 Å². The normalized spacial score (nSPS) is 16.4. The number of morpholine rings is 1. The summed E-state index contributed by atoms with van der Waals surface area (Å²) in [6, 6.07) is 9.01. The minimum Gasteiger partial charge on any atom is -0.489 e. The maximum atomic E-state index is 14.6. The van der Waals surface area contributed by atoms with Gasteiger partial charge in [0.2, 0.25) is 5.95 Å². The molecule has 0 spiro atoms. The van der Waals surface area contributed by atoms with Crippen LogP contribution >= 0.6 is 0 Å². The molecule has 1 fully saturated rings. The van der Waals surface area contributed by atoms with Crippen LogP contribution in [0.4, 0.5) is 39.2 Å². The number of rotatable bonds is 7. The number of amides is 1. The Balaban J connectivity index is 1.35. The first-order valence-corrected chi connectivity index (χ1v) is 12.4. The van der Waals surface area contributed by atoms with E-state index in [2.05, 4.69) is 35.8 Å². The van der Waals surface area contributed by atoms with Crippen LogP contribution in [0.3, 0.4) is 0 Å². The highest BCUT2D eigenvalue weighted by molar-refractivity contribution is 5.99. The van der Waals surface area contributed by atoms with Crippen LogP contribution in [0.2, 0.25) is 0 Å². The van der Waals surface area contributed by atoms with Gasteiger partial charge in [-0.25, -0.2) is 14.4 Å². The van der Waals surface area contributed by atoms with E-state index in [1.54, 1.807) is 26.0 Å². The highest BCUT2D eigenvalue weighted by atomic mass is 19.1. The van der Waals surface area contributed by atoms with Gasteiger partial charge in [-0.2, -0.15) is 4.98 Å². The molecule has 1 saturated heterocycles. The molecule has 0 saturated carbocycles. The first-order valence-electron chi connectivity index (χ1n) is 12.4. The van der Waals surface area contributed by atoms with Crippen molar-refractivity contribution in [3.63, 3.8) is 0 Å². The molecule has 1 amide bonds. The van der Waals surface area contributed by atoms with E-state index in [0.717, 1.165) is 30.7 Å². The number of hydrogen-bond acceptors (Lipinski definition) is 10. The molecule has 3 N–H and O–H groups in total. The fourth-order valence-corrected chi connectivity index (χ4v) is 4.04. The van der Waals surface area contributed by atoms with E-state index in [0.29, 0.717) is 24.7 Å². The van der Waals surface area contributed by atoms with Crippen LogP contribution in [0.5, 0.6) is 11.5 Å². The molecule has 3 aromatic rings. The monoisotopic (exact) mass is 523 g/mol. The van der Waals surface area contributed by atoms with Crippen LogP contribution < -0.4 is 30.3 Å². The molecule has 0 aliphatic carbocycles. The molecule has 2 aliphatic rings. The molecule has 2 aromatic heterocycles. The summed E-state index contributed by atoms with van der Waals surface area (Å²) >= 11 is 0. The predicted octanol–water partition coefficient (Wildman–Crippen LogP) is 4.23. The van der Waals surface area contributed by atoms with Gasteiger partial charge < -0.3 is 35.1 Å². The standard InChI is InChI=1S/C26H30FN7O4/c1-15(2)37-20-13-16(5-6-18(20)34-9-11-36-12-10-34)29-25-28-14-17(27)22(33-25)30-21-8-7-19-23(31-21)32-24(35)26(3,4)38-19/h5-8,13-15H,9-12H2,1-4H3,(H3,28,29,30,31,32,33,35). The molecular formula is C26H30FN7O4. The summed E-state index contributed by atoms with van der Waals surface area (Å²) in [7, 11) is 0. The summed E-state index contributed by atoms with van der Waals surface area (Å²) in [6.45, 7) is 10.2. The minimum atomic E-state index is -1.01. The van der Waals surface area contributed by atoms with Crippen molar-refractivity contribution in [2.45, 2.75) is 39.4 Å². The van der Waals surface area contributed by atoms with Gasteiger partial charge in [-0.15, -0.1) is 0 Å². The van der Waals surface area contributed by atoms with Crippen molar-refractivity contribution in [2.75, 3.05) is 47.2 Å². The molecule has 0 bridgehead atoms. The zero-order chi connectivity index (χ0) is 26.9. The van der Waals surface area contributed by atoms with E-state index >= 15 is 0 Å². The fourth-order valence-electron chi connectivity index (χ4n) is 4.04. The molecule has 0 radical (unpaired) electrons. The molecule has 0 atom stereocenters. The molecule has 200 valence electrons. The van der Waals surface area contributed by atoms with Crippen molar-refractivity contribution in [2.24, 2.45) is 0 Å². The maximum absolute atomic E-state index is 14.6. The number of carbonyl (C=O) groups excluding carboxylic acids is 1. The van der Waals surface area contributed by atoms with Crippen LogP contribution in [0.1, 0.15) is 27.7 Å². The number of aromatic nitrogens is 3. The maximum Gasteiger partial charge on any atom is 0.269 e. The molecule has 2 aliphatic heterocycles. The lowest BCUT2D eigenvalue weighted by Gasteiger charge is -2.31. The third-order valence-electron chi connectivity index (χ3n) is 5.92. The summed E-state index contributed by atoms with van der Waals surface area (Å²) < 4.78 is 31.8. The third kappa shape index (κ3) is 5.54. The number of hydrogen-bond donors (Lipinski definition) is 3. The Morgan fingerprint density at radius 2 is 1.92 bits per heavy atom. The van der Waals surface area contributed by atoms with Gasteiger partial charge in [-0.05, 0) is 52.0 Å². The molecular weight excluding hydrogens is 493 g/mol. The van der Waals surface area contributed by atoms with Crippen LogP contribution in [-0.4, -0.2) is 58.9 Å². The van der Waals surface area contributed by atoms with Gasteiger partial charge in [-0.3, -0.25) is 4.79 Å². The van der Waals surface area contributed by atoms with Crippen LogP contribution in [-0.2, 0) is 9.53 Å². The van der Waals surface area contributed by atoms with Gasteiger partial charge in [0.05, 0.1) is 31.2 Å². The van der Waals surface area contributed by atoms with Gasteiger partial charge in [0.25, 0.3) is 5.91 Å². The van der Waals surface area contributed by atoms with Crippen LogP contribution in [0, 0.1) is 5.82 Å². The van der Waals surface area contributed by atoms with Crippen molar-refractivity contribution in [3.05, 3.63) is 42.3 Å². The Bertz CT molecular complexity index is 1350. The lowest BCUT2D eigenvalue weighted by Crippen LogP contribution is -2.46. The summed E-state index contributed by atoms with van der Waals surface area (Å²) in [5, 5.41) is 8.67. The SMILES string of the molecule is CC(C)Oc1cc(Nc2ncc(F)c(Nc3ccc4c(n3)NC(=O)C(C)(C)O4)n2)ccc1N1CCOCC1. The Morgan fingerprint density at radius 3 is 2.68 bits per heavy atom. The Hall–Kier alpha value is -4.19. The van der Waals surface area contributed by atoms with Gasteiger partial charge >= 0.3 is 0 Å². The number of carbonyl (C=O) groups is 1. The zero-order valence-corrected chi connectivity index (χ0v) is 21.7. The molecule has 1 aromatic carbocycles. The number of halogens is 1. The number of nitrogens with zero attached hydrogens (tertiary/aromatic N) is 4. The highest BCUT2D eigenvalue weighted by Gasteiger charge is 2.36. The Morgan fingerprint density at radius 1 is 1.13 bits per heavy atom. The van der Waals surface area contributed by atoms with E-state index in [1.165, 1.54) is 0 Å². The van der Waals surface area contributed by atoms with Crippen molar-refractivity contribution in [1.82, 2.24) is 15.0 Å². The van der Waals surface area contributed by atoms with Crippen molar-refractivity contribution >= 4 is 40.7 Å². The molecule has 5 rings (SSSR count). The predicted molar refractivity (Wildman–Crippen MR) is 141 cm³/mol. The topological polar surface area (TPSA) is 123 Å². The average molecular weight is 524 g/mol. The Kier molecular flexibility index (Phi) is 6.89. The van der Waals surface area contributed by atoms with E-state index in [4.69, 9.17) is 14.2 Å². The second-order valence-electron chi connectivity index (χ2n) is 9.70. The average Bonchev–Trinajstić information content (AvgIpc) is 2.87. The van der Waals surface area contributed by atoms with Crippen molar-refractivity contribution in [3.8, 4) is 11.5 Å².